The summed E-state index contributed by atoms with van der Waals surface area (Å²) in [5.41, 5.74) is 1.12. The molecule has 7 nitrogen and oxygen atoms in total. The van der Waals surface area contributed by atoms with Crippen LogP contribution in [0.2, 0.25) is 0 Å². The number of carbonyl (C=O) groups is 2. The molecule has 174 valence electrons. The number of halogens is 1. The molecule has 1 saturated heterocycles. The predicted octanol–water partition coefficient (Wildman–Crippen LogP) is 3.13. The van der Waals surface area contributed by atoms with Gasteiger partial charge in [-0.15, -0.1) is 0 Å². The maximum absolute atomic E-state index is 14.3. The van der Waals surface area contributed by atoms with E-state index in [4.69, 9.17) is 4.74 Å². The minimum Gasteiger partial charge on any atom is -0.507 e. The average Bonchev–Trinajstić information content (AvgIpc) is 2.77. The molecule has 3 N–H and O–H groups in total. The van der Waals surface area contributed by atoms with Crippen molar-refractivity contribution in [3.63, 3.8) is 0 Å². The Bertz CT molecular complexity index is 921. The highest BCUT2D eigenvalue weighted by atomic mass is 19.1. The van der Waals surface area contributed by atoms with Crippen molar-refractivity contribution in [3.8, 4) is 5.75 Å². The van der Waals surface area contributed by atoms with Crippen molar-refractivity contribution >= 4 is 23.5 Å². The van der Waals surface area contributed by atoms with Crippen LogP contribution in [0.5, 0.6) is 5.75 Å². The number of ether oxygens (including phenoxy) is 1. The van der Waals surface area contributed by atoms with E-state index in [1.54, 1.807) is 19.9 Å². The number of rotatable bonds is 1. The maximum Gasteiger partial charge on any atom is 0.342 e. The number of anilines is 1. The third-order valence-electron chi connectivity index (χ3n) is 6.04. The highest BCUT2D eigenvalue weighted by Gasteiger charge is 2.29. The molecular formula is C24H30FNO6. The maximum atomic E-state index is 14.3. The molecule has 1 fully saturated rings. The van der Waals surface area contributed by atoms with Gasteiger partial charge in [0.2, 0.25) is 5.78 Å². The minimum absolute atomic E-state index is 0.0336. The summed E-state index contributed by atoms with van der Waals surface area (Å²) in [5, 5.41) is 30.9. The lowest BCUT2D eigenvalue weighted by molar-refractivity contribution is -0.130. The highest BCUT2D eigenvalue weighted by Crippen LogP contribution is 2.33. The number of phenols is 1. The molecule has 2 aliphatic heterocycles. The molecule has 0 spiro atoms. The number of piperidine rings is 1. The fraction of sp³-hybridized carbons (Fsp3) is 0.500. The Morgan fingerprint density at radius 2 is 1.78 bits per heavy atom. The molecule has 2 heterocycles. The van der Waals surface area contributed by atoms with E-state index in [-0.39, 0.29) is 17.7 Å². The van der Waals surface area contributed by atoms with Gasteiger partial charge in [-0.3, -0.25) is 4.79 Å². The topological polar surface area (TPSA) is 107 Å². The van der Waals surface area contributed by atoms with E-state index in [1.165, 1.54) is 18.2 Å². The normalized spacial score (nSPS) is 30.5. The van der Waals surface area contributed by atoms with Crippen molar-refractivity contribution < 1.29 is 34.0 Å². The van der Waals surface area contributed by atoms with Gasteiger partial charge in [-0.25, -0.2) is 9.18 Å². The number of aliphatic hydroxyl groups excluding tert-OH is 2. The quantitative estimate of drug-likeness (QED) is 0.568. The van der Waals surface area contributed by atoms with E-state index in [2.05, 4.69) is 4.90 Å². The van der Waals surface area contributed by atoms with Crippen molar-refractivity contribution in [2.45, 2.75) is 57.8 Å². The average molecular weight is 448 g/mol. The van der Waals surface area contributed by atoms with Gasteiger partial charge in [0.25, 0.3) is 0 Å². The van der Waals surface area contributed by atoms with Crippen molar-refractivity contribution in [1.82, 2.24) is 0 Å². The van der Waals surface area contributed by atoms with Crippen molar-refractivity contribution in [2.75, 3.05) is 18.0 Å². The Kier molecular flexibility index (Phi) is 7.69. The summed E-state index contributed by atoms with van der Waals surface area (Å²) in [4.78, 5) is 27.1. The lowest BCUT2D eigenvalue weighted by Crippen LogP contribution is -2.34. The number of aliphatic hydroxyl groups is 2. The van der Waals surface area contributed by atoms with Crippen molar-refractivity contribution in [2.24, 2.45) is 5.92 Å². The molecule has 0 aromatic heterocycles. The van der Waals surface area contributed by atoms with Crippen LogP contribution in [-0.4, -0.2) is 58.5 Å². The van der Waals surface area contributed by atoms with Crippen LogP contribution in [0.4, 0.5) is 10.1 Å². The van der Waals surface area contributed by atoms with Crippen LogP contribution >= 0.6 is 0 Å². The Morgan fingerprint density at radius 1 is 1.09 bits per heavy atom. The summed E-state index contributed by atoms with van der Waals surface area (Å²) in [5.74, 6) is -4.13. The largest absolute Gasteiger partial charge is 0.507 e. The third-order valence-corrected chi connectivity index (χ3v) is 6.04. The van der Waals surface area contributed by atoms with Gasteiger partial charge in [-0.1, -0.05) is 19.1 Å². The molecule has 3 rings (SSSR count). The lowest BCUT2D eigenvalue weighted by Gasteiger charge is -2.29. The Balaban J connectivity index is 2.03. The minimum atomic E-state index is -1.92. The van der Waals surface area contributed by atoms with Crippen LogP contribution in [0.15, 0.2) is 30.1 Å². The zero-order valence-electron chi connectivity index (χ0n) is 18.3. The van der Waals surface area contributed by atoms with Crippen LogP contribution in [0.25, 0.3) is 6.08 Å². The molecule has 0 unspecified atom stereocenters. The van der Waals surface area contributed by atoms with Gasteiger partial charge >= 0.3 is 5.97 Å². The van der Waals surface area contributed by atoms with Gasteiger partial charge in [0.15, 0.2) is 5.83 Å². The first-order chi connectivity index (χ1) is 15.2. The van der Waals surface area contributed by atoms with Crippen LogP contribution in [-0.2, 0) is 9.53 Å². The molecule has 0 aliphatic carbocycles. The van der Waals surface area contributed by atoms with E-state index in [9.17, 15) is 29.3 Å². The van der Waals surface area contributed by atoms with Gasteiger partial charge in [0.05, 0.1) is 6.10 Å². The van der Waals surface area contributed by atoms with E-state index in [0.29, 0.717) is 5.56 Å². The van der Waals surface area contributed by atoms with Gasteiger partial charge in [-0.05, 0) is 50.3 Å². The monoisotopic (exact) mass is 447 g/mol. The number of esters is 1. The number of nitrogens with zero attached hydrogens (tertiary/aromatic N) is 1. The molecule has 0 saturated carbocycles. The van der Waals surface area contributed by atoms with Crippen molar-refractivity contribution in [1.29, 1.82) is 0 Å². The number of ketones is 1. The van der Waals surface area contributed by atoms with Gasteiger partial charge in [0.1, 0.15) is 23.5 Å². The summed E-state index contributed by atoms with van der Waals surface area (Å²) < 4.78 is 19.7. The van der Waals surface area contributed by atoms with Crippen LogP contribution in [0, 0.1) is 5.92 Å². The van der Waals surface area contributed by atoms with Gasteiger partial charge in [0, 0.05) is 30.8 Å². The molecule has 0 amide bonds. The number of Topliss-reactive ketones (excluding diaryl/α,β-unsaturated/α-hetero) is 1. The van der Waals surface area contributed by atoms with E-state index in [0.717, 1.165) is 44.1 Å². The molecule has 4 atom stereocenters. The molecule has 0 bridgehead atoms. The molecule has 2 aliphatic rings. The molecular weight excluding hydrogens is 417 g/mol. The van der Waals surface area contributed by atoms with Crippen LogP contribution < -0.4 is 4.90 Å². The number of carbonyl (C=O) groups excluding carboxylic acids is 2. The Hall–Kier alpha value is -2.71. The standard InChI is InChI=1S/C24H30FNO6/c1-14-11-18(25)22(29)23(30)19(27)8-6-7-16-12-17(26-9-4-3-5-10-26)13-20(28)21(16)24(31)32-15(14)2/h6-7,11-15,19,23,27-28,30H,3-5,8-10H2,1-2H3/b7-6+,18-11+/t14-,15-,19-,23-/m0/s1. The number of cyclic esters (lactones) is 1. The van der Waals surface area contributed by atoms with Crippen LogP contribution in [0.1, 0.15) is 55.5 Å². The fourth-order valence-electron chi connectivity index (χ4n) is 3.88. The number of hydrogen-bond acceptors (Lipinski definition) is 7. The zero-order chi connectivity index (χ0) is 23.4. The van der Waals surface area contributed by atoms with Gasteiger partial charge in [-0.2, -0.15) is 0 Å². The summed E-state index contributed by atoms with van der Waals surface area (Å²) in [7, 11) is 0. The SMILES string of the molecule is C[C@@H]1OC(=O)c2c(O)cc(N3CCCCC3)cc2/C=C/C[C@H](O)[C@H](O)C(=O)/C(F)=C\[C@@H]1C. The van der Waals surface area contributed by atoms with E-state index in [1.807, 2.05) is 0 Å². The number of fused-ring (bicyclic) bond motifs is 1. The molecule has 0 radical (unpaired) electrons. The smallest absolute Gasteiger partial charge is 0.342 e. The first kappa shape index (κ1) is 23.9. The number of benzene rings is 1. The zero-order valence-corrected chi connectivity index (χ0v) is 18.3. The fourth-order valence-corrected chi connectivity index (χ4v) is 3.88. The number of aromatic hydroxyl groups is 1. The third kappa shape index (κ3) is 5.37. The summed E-state index contributed by atoms with van der Waals surface area (Å²) in [6.07, 6.45) is 2.74. The lowest BCUT2D eigenvalue weighted by atomic mass is 9.98. The first-order valence-electron chi connectivity index (χ1n) is 11.0. The predicted molar refractivity (Wildman–Crippen MR) is 118 cm³/mol. The first-order valence-corrected chi connectivity index (χ1v) is 11.0. The molecule has 8 heteroatoms. The number of phenolic OH excluding ortho intramolecular Hbond substituents is 1. The molecule has 1 aromatic carbocycles. The summed E-state index contributed by atoms with van der Waals surface area (Å²) in [6, 6.07) is 3.30. The Morgan fingerprint density at radius 3 is 2.47 bits per heavy atom. The summed E-state index contributed by atoms with van der Waals surface area (Å²) >= 11 is 0. The molecule has 32 heavy (non-hydrogen) atoms. The second-order valence-corrected chi connectivity index (χ2v) is 8.48. The van der Waals surface area contributed by atoms with Crippen LogP contribution in [0.3, 0.4) is 0 Å². The second-order valence-electron chi connectivity index (χ2n) is 8.48. The van der Waals surface area contributed by atoms with Crippen molar-refractivity contribution in [3.05, 3.63) is 41.2 Å². The van der Waals surface area contributed by atoms with E-state index >= 15 is 0 Å². The second kappa shape index (κ2) is 10.3. The van der Waals surface area contributed by atoms with Gasteiger partial charge < -0.3 is 25.0 Å². The highest BCUT2D eigenvalue weighted by molar-refractivity contribution is 5.98. The Labute approximate surface area is 186 Å². The summed E-state index contributed by atoms with van der Waals surface area (Å²) in [6.45, 7) is 4.78. The number of hydrogen-bond donors (Lipinski definition) is 3. The van der Waals surface area contributed by atoms with E-state index < -0.39 is 41.8 Å². The molecule has 1 aromatic rings.